The summed E-state index contributed by atoms with van der Waals surface area (Å²) in [6.45, 7) is 3.81. The number of nitrogen functional groups attached to an aromatic ring is 1. The lowest BCUT2D eigenvalue weighted by Gasteiger charge is -2.07. The van der Waals surface area contributed by atoms with Crippen molar-refractivity contribution in [3.05, 3.63) is 39.6 Å². The van der Waals surface area contributed by atoms with Crippen molar-refractivity contribution in [1.82, 2.24) is 15.0 Å². The molecule has 0 saturated carbocycles. The van der Waals surface area contributed by atoms with Crippen molar-refractivity contribution >= 4 is 11.5 Å². The molecule has 0 bridgehead atoms. The van der Waals surface area contributed by atoms with E-state index in [1.165, 1.54) is 10.7 Å². The van der Waals surface area contributed by atoms with Crippen molar-refractivity contribution in [3.8, 4) is 5.69 Å². The fourth-order valence-electron chi connectivity index (χ4n) is 1.94. The summed E-state index contributed by atoms with van der Waals surface area (Å²) in [6, 6.07) is 4.99. The largest absolute Gasteiger partial charge is 0.381 e. The zero-order valence-electron chi connectivity index (χ0n) is 10.8. The van der Waals surface area contributed by atoms with Gasteiger partial charge < -0.3 is 5.73 Å². The van der Waals surface area contributed by atoms with E-state index in [-0.39, 0.29) is 5.69 Å². The number of aromatic nitrogens is 3. The second-order valence-electron chi connectivity index (χ2n) is 4.33. The first kappa shape index (κ1) is 13.0. The maximum Gasteiger partial charge on any atom is 0.295 e. The van der Waals surface area contributed by atoms with Crippen molar-refractivity contribution in [1.29, 1.82) is 0 Å². The minimum absolute atomic E-state index is 0.00209. The van der Waals surface area contributed by atoms with Gasteiger partial charge in [-0.2, -0.15) is 0 Å². The number of nitrogens with two attached hydrogens (primary N) is 1. The van der Waals surface area contributed by atoms with Gasteiger partial charge >= 0.3 is 0 Å². The van der Waals surface area contributed by atoms with Gasteiger partial charge in [0.15, 0.2) is 5.82 Å². The Labute approximate surface area is 110 Å². The maximum atomic E-state index is 11.1. The number of nitro groups is 1. The average molecular weight is 261 g/mol. The highest BCUT2D eigenvalue weighted by Gasteiger charge is 2.20. The molecule has 0 aliphatic carbocycles. The van der Waals surface area contributed by atoms with Crippen LogP contribution >= 0.6 is 0 Å². The molecule has 19 heavy (non-hydrogen) atoms. The molecule has 0 atom stereocenters. The van der Waals surface area contributed by atoms with Crippen LogP contribution in [0.15, 0.2) is 18.2 Å². The fourth-order valence-corrected chi connectivity index (χ4v) is 1.94. The lowest BCUT2D eigenvalue weighted by Crippen LogP contribution is -2.07. The first-order valence-electron chi connectivity index (χ1n) is 6.00. The molecule has 0 saturated heterocycles. The standard InChI is InChI=1S/C12H15N5O2/c1-3-4-10-12(13)14-15-16(10)9-6-5-8(2)7-11(9)17(18)19/h5-7H,3-4,13H2,1-2H3. The molecular weight excluding hydrogens is 246 g/mol. The number of nitrogens with zero attached hydrogens (tertiary/aromatic N) is 4. The predicted molar refractivity (Wildman–Crippen MR) is 71.2 cm³/mol. The molecule has 2 N–H and O–H groups in total. The lowest BCUT2D eigenvalue weighted by molar-refractivity contribution is -0.384. The van der Waals surface area contributed by atoms with Crippen LogP contribution in [0.5, 0.6) is 0 Å². The zero-order chi connectivity index (χ0) is 14.0. The molecule has 1 aromatic heterocycles. The van der Waals surface area contributed by atoms with Gasteiger partial charge in [0.25, 0.3) is 5.69 Å². The molecule has 0 aliphatic heterocycles. The van der Waals surface area contributed by atoms with Crippen LogP contribution in [-0.2, 0) is 6.42 Å². The van der Waals surface area contributed by atoms with Crippen molar-refractivity contribution in [3.63, 3.8) is 0 Å². The summed E-state index contributed by atoms with van der Waals surface area (Å²) in [5.74, 6) is 0.316. The Morgan fingerprint density at radius 1 is 1.47 bits per heavy atom. The number of anilines is 1. The molecular formula is C12H15N5O2. The second kappa shape index (κ2) is 5.05. The predicted octanol–water partition coefficient (Wildman–Crippen LogP) is 2.02. The molecule has 0 spiro atoms. The van der Waals surface area contributed by atoms with Crippen LogP contribution in [0.4, 0.5) is 11.5 Å². The van der Waals surface area contributed by atoms with Crippen LogP contribution in [0.2, 0.25) is 0 Å². The van der Waals surface area contributed by atoms with Crippen LogP contribution in [0.3, 0.4) is 0 Å². The summed E-state index contributed by atoms with van der Waals surface area (Å²) in [5, 5.41) is 18.9. The molecule has 100 valence electrons. The summed E-state index contributed by atoms with van der Waals surface area (Å²) >= 11 is 0. The van der Waals surface area contributed by atoms with Crippen molar-refractivity contribution in [2.24, 2.45) is 0 Å². The fraction of sp³-hybridized carbons (Fsp3) is 0.333. The number of hydrogen-bond donors (Lipinski definition) is 1. The van der Waals surface area contributed by atoms with E-state index in [4.69, 9.17) is 5.73 Å². The molecule has 0 aliphatic rings. The average Bonchev–Trinajstić information content (AvgIpc) is 2.72. The summed E-state index contributed by atoms with van der Waals surface area (Å²) in [6.07, 6.45) is 1.53. The number of aryl methyl sites for hydroxylation is 1. The Morgan fingerprint density at radius 3 is 2.84 bits per heavy atom. The van der Waals surface area contributed by atoms with Gasteiger partial charge in [-0.15, -0.1) is 5.10 Å². The Hall–Kier alpha value is -2.44. The number of rotatable bonds is 4. The number of hydrogen-bond acceptors (Lipinski definition) is 5. The summed E-state index contributed by atoms with van der Waals surface area (Å²) in [4.78, 5) is 10.7. The van der Waals surface area contributed by atoms with Gasteiger partial charge in [-0.05, 0) is 25.0 Å². The first-order chi connectivity index (χ1) is 9.04. The highest BCUT2D eigenvalue weighted by Crippen LogP contribution is 2.26. The Balaban J connectivity index is 2.62. The molecule has 2 rings (SSSR count). The van der Waals surface area contributed by atoms with Gasteiger partial charge in [0.1, 0.15) is 5.69 Å². The zero-order valence-corrected chi connectivity index (χ0v) is 10.8. The number of benzene rings is 1. The monoisotopic (exact) mass is 261 g/mol. The summed E-state index contributed by atoms with van der Waals surface area (Å²) < 4.78 is 1.45. The molecule has 2 aromatic rings. The van der Waals surface area contributed by atoms with Crippen molar-refractivity contribution < 1.29 is 4.92 Å². The molecule has 0 fully saturated rings. The van der Waals surface area contributed by atoms with E-state index in [0.717, 1.165) is 12.0 Å². The molecule has 0 amide bonds. The third-order valence-electron chi connectivity index (χ3n) is 2.84. The van der Waals surface area contributed by atoms with E-state index < -0.39 is 4.92 Å². The molecule has 7 nitrogen and oxygen atoms in total. The second-order valence-corrected chi connectivity index (χ2v) is 4.33. The van der Waals surface area contributed by atoms with Gasteiger partial charge in [-0.25, -0.2) is 4.68 Å². The third kappa shape index (κ3) is 2.40. The quantitative estimate of drug-likeness (QED) is 0.670. The molecule has 1 heterocycles. The van der Waals surface area contributed by atoms with E-state index in [9.17, 15) is 10.1 Å². The lowest BCUT2D eigenvalue weighted by atomic mass is 10.2. The van der Waals surface area contributed by atoms with Crippen molar-refractivity contribution in [2.45, 2.75) is 26.7 Å². The van der Waals surface area contributed by atoms with Gasteiger partial charge in [0, 0.05) is 6.07 Å². The topological polar surface area (TPSA) is 99.9 Å². The van der Waals surface area contributed by atoms with E-state index in [1.807, 2.05) is 6.92 Å². The van der Waals surface area contributed by atoms with Gasteiger partial charge in [0.05, 0.1) is 10.6 Å². The first-order valence-corrected chi connectivity index (χ1v) is 6.00. The third-order valence-corrected chi connectivity index (χ3v) is 2.84. The highest BCUT2D eigenvalue weighted by atomic mass is 16.6. The van der Waals surface area contributed by atoms with E-state index in [1.54, 1.807) is 19.1 Å². The minimum atomic E-state index is -0.421. The van der Waals surface area contributed by atoms with Crippen molar-refractivity contribution in [2.75, 3.05) is 5.73 Å². The van der Waals surface area contributed by atoms with Gasteiger partial charge in [-0.3, -0.25) is 10.1 Å². The Morgan fingerprint density at radius 2 is 2.21 bits per heavy atom. The van der Waals surface area contributed by atoms with Crippen LogP contribution in [-0.4, -0.2) is 19.9 Å². The van der Waals surface area contributed by atoms with Crippen LogP contribution < -0.4 is 5.73 Å². The van der Waals surface area contributed by atoms with Gasteiger partial charge in [0.2, 0.25) is 0 Å². The molecule has 1 aromatic carbocycles. The molecule has 7 heteroatoms. The maximum absolute atomic E-state index is 11.1. The van der Waals surface area contributed by atoms with E-state index in [0.29, 0.717) is 23.6 Å². The highest BCUT2D eigenvalue weighted by molar-refractivity contribution is 5.55. The Bertz CT molecular complexity index is 621. The normalized spacial score (nSPS) is 10.6. The van der Waals surface area contributed by atoms with Crippen LogP contribution in [0.1, 0.15) is 24.6 Å². The Kier molecular flexibility index (Phi) is 3.46. The summed E-state index contributed by atoms with van der Waals surface area (Å²) in [5.41, 5.74) is 7.67. The minimum Gasteiger partial charge on any atom is -0.381 e. The SMILES string of the molecule is CCCc1c(N)nnn1-c1ccc(C)cc1[N+](=O)[O-]. The number of nitro benzene ring substituents is 1. The molecule has 0 radical (unpaired) electrons. The summed E-state index contributed by atoms with van der Waals surface area (Å²) in [7, 11) is 0. The van der Waals surface area contributed by atoms with E-state index >= 15 is 0 Å². The van der Waals surface area contributed by atoms with Gasteiger partial charge in [-0.1, -0.05) is 24.6 Å². The van der Waals surface area contributed by atoms with Crippen LogP contribution in [0.25, 0.3) is 5.69 Å². The molecule has 0 unspecified atom stereocenters. The van der Waals surface area contributed by atoms with Crippen LogP contribution in [0, 0.1) is 17.0 Å². The van der Waals surface area contributed by atoms with E-state index in [2.05, 4.69) is 10.3 Å². The smallest absolute Gasteiger partial charge is 0.295 e.